The second kappa shape index (κ2) is 9.74. The first kappa shape index (κ1) is 25.7. The number of amides is 3. The number of halogens is 1. The summed E-state index contributed by atoms with van der Waals surface area (Å²) in [6, 6.07) is 14.1. The van der Waals surface area contributed by atoms with Crippen LogP contribution in [0.3, 0.4) is 0 Å². The van der Waals surface area contributed by atoms with Gasteiger partial charge in [0.2, 0.25) is 17.7 Å². The Bertz CT molecular complexity index is 1210. The monoisotopic (exact) mass is 525 g/mol. The molecule has 2 aromatic rings. The summed E-state index contributed by atoms with van der Waals surface area (Å²) in [7, 11) is 0. The van der Waals surface area contributed by atoms with Crippen LogP contribution in [0.4, 0.5) is 5.69 Å². The van der Waals surface area contributed by atoms with Crippen LogP contribution in [-0.2, 0) is 19.1 Å². The van der Waals surface area contributed by atoms with Gasteiger partial charge in [-0.3, -0.25) is 14.4 Å². The Morgan fingerprint density at radius 2 is 1.84 bits per heavy atom. The second-order valence-electron chi connectivity index (χ2n) is 10.3. The number of carbonyl (C=O) groups excluding carboxylic acids is 3. The predicted molar refractivity (Wildman–Crippen MR) is 139 cm³/mol. The Labute approximate surface area is 221 Å². The van der Waals surface area contributed by atoms with E-state index >= 15 is 0 Å². The number of ether oxygens (including phenoxy) is 1. The maximum absolute atomic E-state index is 14.3. The van der Waals surface area contributed by atoms with Gasteiger partial charge in [0.15, 0.2) is 0 Å². The maximum Gasteiger partial charge on any atom is 0.250 e. The fourth-order valence-corrected chi connectivity index (χ4v) is 6.73. The first-order valence-corrected chi connectivity index (χ1v) is 13.2. The molecule has 0 saturated carbocycles. The van der Waals surface area contributed by atoms with Gasteiger partial charge in [-0.1, -0.05) is 61.0 Å². The molecule has 0 aromatic heterocycles. The first-order chi connectivity index (χ1) is 17.8. The van der Waals surface area contributed by atoms with Crippen LogP contribution in [0.15, 0.2) is 54.6 Å². The largest absolute Gasteiger partial charge is 0.394 e. The third kappa shape index (κ3) is 4.02. The summed E-state index contributed by atoms with van der Waals surface area (Å²) in [4.78, 5) is 43.1. The summed E-state index contributed by atoms with van der Waals surface area (Å²) < 4.78 is 6.62. The van der Waals surface area contributed by atoms with Crippen molar-refractivity contribution in [2.75, 3.05) is 18.5 Å². The number of fused-ring (bicyclic) bond motifs is 1. The van der Waals surface area contributed by atoms with E-state index in [0.717, 1.165) is 6.42 Å². The Hall–Kier alpha value is -2.94. The van der Waals surface area contributed by atoms with Gasteiger partial charge in [-0.2, -0.15) is 0 Å². The molecule has 2 unspecified atom stereocenters. The van der Waals surface area contributed by atoms with Crippen LogP contribution in [0.1, 0.15) is 44.7 Å². The fourth-order valence-electron chi connectivity index (χ4n) is 6.55. The molecule has 5 rings (SSSR count). The molecule has 3 aliphatic rings. The van der Waals surface area contributed by atoms with Gasteiger partial charge in [0.05, 0.1) is 40.8 Å². The van der Waals surface area contributed by atoms with Crippen molar-refractivity contribution in [1.29, 1.82) is 0 Å². The van der Waals surface area contributed by atoms with Gasteiger partial charge in [0.1, 0.15) is 11.6 Å². The minimum atomic E-state index is -1.20. The number of carbonyl (C=O) groups is 3. The van der Waals surface area contributed by atoms with Gasteiger partial charge >= 0.3 is 0 Å². The Balaban J connectivity index is 1.60. The van der Waals surface area contributed by atoms with E-state index in [9.17, 15) is 19.5 Å². The van der Waals surface area contributed by atoms with E-state index < -0.39 is 47.6 Å². The highest BCUT2D eigenvalue weighted by Crippen LogP contribution is 2.64. The molecule has 3 N–H and O–H groups in total. The quantitative estimate of drug-likeness (QED) is 0.490. The van der Waals surface area contributed by atoms with Gasteiger partial charge in [-0.25, -0.2) is 0 Å². The van der Waals surface area contributed by atoms with Gasteiger partial charge in [-0.05, 0) is 43.9 Å². The molecule has 0 radical (unpaired) electrons. The minimum Gasteiger partial charge on any atom is -0.394 e. The van der Waals surface area contributed by atoms with E-state index in [1.54, 1.807) is 24.3 Å². The van der Waals surface area contributed by atoms with Crippen molar-refractivity contribution in [1.82, 2.24) is 10.2 Å². The molecule has 2 bridgehead atoms. The molecule has 2 aromatic carbocycles. The fraction of sp³-hybridized carbons (Fsp3) is 0.464. The Kier molecular flexibility index (Phi) is 6.77. The zero-order chi connectivity index (χ0) is 26.4. The van der Waals surface area contributed by atoms with E-state index in [4.69, 9.17) is 16.3 Å². The molecular formula is C28H32ClN3O5. The molecule has 0 aliphatic carbocycles. The van der Waals surface area contributed by atoms with E-state index in [0.29, 0.717) is 35.7 Å². The lowest BCUT2D eigenvalue weighted by molar-refractivity contribution is -0.148. The van der Waals surface area contributed by atoms with Crippen molar-refractivity contribution >= 4 is 35.0 Å². The number of rotatable bonds is 8. The number of hydrogen-bond donors (Lipinski definition) is 3. The maximum atomic E-state index is 14.3. The summed E-state index contributed by atoms with van der Waals surface area (Å²) in [6.07, 6.45) is 1.75. The van der Waals surface area contributed by atoms with E-state index in [1.165, 1.54) is 4.90 Å². The van der Waals surface area contributed by atoms with Gasteiger partial charge in [0.25, 0.3) is 0 Å². The molecule has 3 amide bonds. The number of aliphatic hydroxyl groups excluding tert-OH is 1. The van der Waals surface area contributed by atoms with Crippen LogP contribution in [0, 0.1) is 11.8 Å². The number of nitrogens with zero attached hydrogens (tertiary/aromatic N) is 1. The van der Waals surface area contributed by atoms with Crippen molar-refractivity contribution in [2.45, 2.75) is 56.4 Å². The van der Waals surface area contributed by atoms with Crippen LogP contribution < -0.4 is 10.6 Å². The average molecular weight is 526 g/mol. The van der Waals surface area contributed by atoms with Crippen molar-refractivity contribution < 1.29 is 24.2 Å². The molecule has 3 aliphatic heterocycles. The average Bonchev–Trinajstić information content (AvgIpc) is 3.46. The van der Waals surface area contributed by atoms with Crippen molar-refractivity contribution in [3.8, 4) is 0 Å². The van der Waals surface area contributed by atoms with Crippen molar-refractivity contribution in [3.05, 3.63) is 65.2 Å². The van der Waals surface area contributed by atoms with Crippen molar-refractivity contribution in [3.63, 3.8) is 0 Å². The van der Waals surface area contributed by atoms with Gasteiger partial charge in [-0.15, -0.1) is 0 Å². The lowest BCUT2D eigenvalue weighted by atomic mass is 9.66. The summed E-state index contributed by atoms with van der Waals surface area (Å²) in [5.74, 6) is -2.64. The van der Waals surface area contributed by atoms with Gasteiger partial charge < -0.3 is 25.4 Å². The Morgan fingerprint density at radius 1 is 1.14 bits per heavy atom. The van der Waals surface area contributed by atoms with E-state index in [-0.39, 0.29) is 11.8 Å². The van der Waals surface area contributed by atoms with Crippen LogP contribution in [-0.4, -0.2) is 58.1 Å². The SMILES string of the molecule is CCCNC(=O)[C@@H]1[C@H]2C(=O)N([C@H](CO)c3ccccc3)C(C(=O)Nc3ccccc3Cl)C23CC[C@@]1(C)O3. The lowest BCUT2D eigenvalue weighted by Crippen LogP contribution is -2.54. The number of likely N-dealkylation sites (tertiary alicyclic amines) is 1. The number of aliphatic hydroxyl groups is 1. The first-order valence-electron chi connectivity index (χ1n) is 12.8. The van der Waals surface area contributed by atoms with E-state index in [1.807, 2.05) is 44.2 Å². The minimum absolute atomic E-state index is 0.239. The highest BCUT2D eigenvalue weighted by Gasteiger charge is 2.78. The molecule has 1 spiro atoms. The third-order valence-electron chi connectivity index (χ3n) is 8.12. The number of benzene rings is 2. The molecular weight excluding hydrogens is 494 g/mol. The zero-order valence-electron chi connectivity index (χ0n) is 20.9. The molecule has 8 nitrogen and oxygen atoms in total. The standard InChI is InChI=1S/C28H32ClN3O5/c1-3-15-30-24(34)21-22-26(36)32(20(16-33)17-9-5-4-6-10-17)23(28(22)14-13-27(21,2)37-28)25(35)31-19-12-8-7-11-18(19)29/h4-12,20-23,33H,3,13-16H2,1-2H3,(H,30,34)(H,31,35)/t20-,21+,22+,23?,27-,28?/m1/s1. The summed E-state index contributed by atoms with van der Waals surface area (Å²) in [6.45, 7) is 3.92. The number of anilines is 1. The van der Waals surface area contributed by atoms with Crippen LogP contribution >= 0.6 is 11.6 Å². The lowest BCUT2D eigenvalue weighted by Gasteiger charge is -2.37. The summed E-state index contributed by atoms with van der Waals surface area (Å²) >= 11 is 6.33. The highest BCUT2D eigenvalue weighted by molar-refractivity contribution is 6.33. The number of nitrogens with one attached hydrogen (secondary N) is 2. The zero-order valence-corrected chi connectivity index (χ0v) is 21.7. The molecule has 196 valence electrons. The normalized spacial score (nSPS) is 30.8. The second-order valence-corrected chi connectivity index (χ2v) is 10.7. The third-order valence-corrected chi connectivity index (χ3v) is 8.45. The molecule has 9 heteroatoms. The van der Waals surface area contributed by atoms with Gasteiger partial charge in [0, 0.05) is 6.54 Å². The highest BCUT2D eigenvalue weighted by atomic mass is 35.5. The number of hydrogen-bond acceptors (Lipinski definition) is 5. The summed E-state index contributed by atoms with van der Waals surface area (Å²) in [5.41, 5.74) is -0.960. The van der Waals surface area contributed by atoms with E-state index in [2.05, 4.69) is 10.6 Å². The van der Waals surface area contributed by atoms with Crippen LogP contribution in [0.25, 0.3) is 0 Å². The molecule has 3 fully saturated rings. The predicted octanol–water partition coefficient (Wildman–Crippen LogP) is 3.30. The topological polar surface area (TPSA) is 108 Å². The smallest absolute Gasteiger partial charge is 0.250 e. The molecule has 6 atom stereocenters. The molecule has 3 saturated heterocycles. The molecule has 3 heterocycles. The van der Waals surface area contributed by atoms with Crippen LogP contribution in [0.5, 0.6) is 0 Å². The summed E-state index contributed by atoms with van der Waals surface area (Å²) in [5, 5.41) is 16.7. The van der Waals surface area contributed by atoms with Crippen LogP contribution in [0.2, 0.25) is 5.02 Å². The Morgan fingerprint density at radius 3 is 2.51 bits per heavy atom. The molecule has 37 heavy (non-hydrogen) atoms. The number of para-hydroxylation sites is 1. The van der Waals surface area contributed by atoms with Crippen molar-refractivity contribution in [2.24, 2.45) is 11.8 Å².